The Hall–Kier alpha value is -1.48. The highest BCUT2D eigenvalue weighted by atomic mass is 32.2. The Morgan fingerprint density at radius 1 is 1.13 bits per heavy atom. The monoisotopic (exact) mass is 216 g/mol. The van der Waals surface area contributed by atoms with E-state index in [4.69, 9.17) is 5.73 Å². The molecule has 0 aliphatic rings. The van der Waals surface area contributed by atoms with Crippen LogP contribution >= 0.6 is 11.8 Å². The number of nitrogens with two attached hydrogens (primary N) is 1. The average molecular weight is 216 g/mol. The highest BCUT2D eigenvalue weighted by Gasteiger charge is 2.03. The van der Waals surface area contributed by atoms with Crippen LogP contribution in [-0.4, -0.2) is 4.98 Å². The maximum atomic E-state index is 5.87. The molecule has 0 bridgehead atoms. The molecule has 0 saturated heterocycles. The molecule has 15 heavy (non-hydrogen) atoms. The number of aromatic nitrogens is 1. The summed E-state index contributed by atoms with van der Waals surface area (Å²) in [5.41, 5.74) is 7.84. The molecule has 0 spiro atoms. The molecule has 0 aliphatic carbocycles. The third kappa shape index (κ3) is 2.30. The SMILES string of the molecule is Cc1cccnc1Sc1ccccc1N. The molecule has 2 aromatic rings. The zero-order valence-corrected chi connectivity index (χ0v) is 9.29. The number of nitrogen functional groups attached to an aromatic ring is 1. The van der Waals surface area contributed by atoms with Gasteiger partial charge in [0.1, 0.15) is 5.03 Å². The van der Waals surface area contributed by atoms with E-state index in [1.165, 1.54) is 5.56 Å². The first-order valence-corrected chi connectivity index (χ1v) is 5.53. The molecule has 0 saturated carbocycles. The topological polar surface area (TPSA) is 38.9 Å². The summed E-state index contributed by atoms with van der Waals surface area (Å²) in [6.07, 6.45) is 1.80. The summed E-state index contributed by atoms with van der Waals surface area (Å²) in [5, 5.41) is 1.01. The first-order valence-electron chi connectivity index (χ1n) is 4.71. The van der Waals surface area contributed by atoms with Crippen molar-refractivity contribution in [2.45, 2.75) is 16.8 Å². The average Bonchev–Trinajstić information content (AvgIpc) is 2.24. The van der Waals surface area contributed by atoms with Crippen LogP contribution in [0.4, 0.5) is 5.69 Å². The van der Waals surface area contributed by atoms with Crippen LogP contribution < -0.4 is 5.73 Å². The fourth-order valence-electron chi connectivity index (χ4n) is 1.26. The molecule has 2 rings (SSSR count). The third-order valence-corrected chi connectivity index (χ3v) is 3.30. The van der Waals surface area contributed by atoms with Crippen molar-refractivity contribution >= 4 is 17.4 Å². The second-order valence-corrected chi connectivity index (χ2v) is 4.30. The van der Waals surface area contributed by atoms with Gasteiger partial charge in [-0.2, -0.15) is 0 Å². The predicted molar refractivity (Wildman–Crippen MR) is 64.0 cm³/mol. The van der Waals surface area contributed by atoms with Crippen molar-refractivity contribution in [1.82, 2.24) is 4.98 Å². The Labute approximate surface area is 93.5 Å². The van der Waals surface area contributed by atoms with E-state index in [1.54, 1.807) is 18.0 Å². The summed E-state index contributed by atoms with van der Waals surface area (Å²) >= 11 is 1.60. The van der Waals surface area contributed by atoms with Crippen LogP contribution in [0.25, 0.3) is 0 Å². The molecule has 0 radical (unpaired) electrons. The summed E-state index contributed by atoms with van der Waals surface area (Å²) in [6.45, 7) is 2.05. The summed E-state index contributed by atoms with van der Waals surface area (Å²) in [7, 11) is 0. The van der Waals surface area contributed by atoms with Gasteiger partial charge in [-0.3, -0.25) is 0 Å². The summed E-state index contributed by atoms with van der Waals surface area (Å²) in [6, 6.07) is 11.8. The number of pyridine rings is 1. The van der Waals surface area contributed by atoms with E-state index >= 15 is 0 Å². The smallest absolute Gasteiger partial charge is 0.104 e. The lowest BCUT2D eigenvalue weighted by Gasteiger charge is -2.05. The highest BCUT2D eigenvalue weighted by molar-refractivity contribution is 7.99. The molecule has 1 heterocycles. The number of benzene rings is 1. The maximum absolute atomic E-state index is 5.87. The van der Waals surface area contributed by atoms with E-state index in [9.17, 15) is 0 Å². The zero-order chi connectivity index (χ0) is 10.7. The van der Waals surface area contributed by atoms with Gasteiger partial charge in [-0.1, -0.05) is 30.0 Å². The van der Waals surface area contributed by atoms with Crippen molar-refractivity contribution in [1.29, 1.82) is 0 Å². The lowest BCUT2D eigenvalue weighted by Crippen LogP contribution is -1.89. The molecule has 1 aromatic carbocycles. The van der Waals surface area contributed by atoms with Crippen molar-refractivity contribution < 1.29 is 0 Å². The van der Waals surface area contributed by atoms with Crippen molar-refractivity contribution in [2.24, 2.45) is 0 Å². The largest absolute Gasteiger partial charge is 0.398 e. The van der Waals surface area contributed by atoms with Crippen LogP contribution in [0, 0.1) is 6.92 Å². The third-order valence-electron chi connectivity index (χ3n) is 2.09. The van der Waals surface area contributed by atoms with Gasteiger partial charge < -0.3 is 5.73 Å². The molecule has 3 heteroatoms. The van der Waals surface area contributed by atoms with Gasteiger partial charge in [0.15, 0.2) is 0 Å². The zero-order valence-electron chi connectivity index (χ0n) is 8.47. The highest BCUT2D eigenvalue weighted by Crippen LogP contribution is 2.31. The molecular formula is C12H12N2S. The molecule has 2 N–H and O–H groups in total. The Morgan fingerprint density at radius 2 is 1.93 bits per heavy atom. The van der Waals surface area contributed by atoms with Gasteiger partial charge in [0, 0.05) is 16.8 Å². The number of hydrogen-bond donors (Lipinski definition) is 1. The number of hydrogen-bond acceptors (Lipinski definition) is 3. The standard InChI is InChI=1S/C12H12N2S/c1-9-5-4-8-14-12(9)15-11-7-3-2-6-10(11)13/h2-8H,13H2,1H3. The number of para-hydroxylation sites is 1. The molecular weight excluding hydrogens is 204 g/mol. The van der Waals surface area contributed by atoms with Crippen molar-refractivity contribution in [3.05, 3.63) is 48.2 Å². The molecule has 76 valence electrons. The predicted octanol–water partition coefficient (Wildman–Crippen LogP) is 3.12. The van der Waals surface area contributed by atoms with Gasteiger partial charge in [-0.05, 0) is 30.7 Å². The van der Waals surface area contributed by atoms with E-state index in [0.29, 0.717) is 0 Å². The normalized spacial score (nSPS) is 10.2. The van der Waals surface area contributed by atoms with E-state index in [0.717, 1.165) is 15.6 Å². The number of anilines is 1. The maximum Gasteiger partial charge on any atom is 0.104 e. The van der Waals surface area contributed by atoms with Gasteiger partial charge in [-0.15, -0.1) is 0 Å². The minimum atomic E-state index is 0.799. The Balaban J connectivity index is 2.30. The molecule has 2 nitrogen and oxygen atoms in total. The minimum absolute atomic E-state index is 0.799. The first kappa shape index (κ1) is 10.1. The second kappa shape index (κ2) is 4.36. The van der Waals surface area contributed by atoms with Crippen molar-refractivity contribution in [2.75, 3.05) is 5.73 Å². The number of aryl methyl sites for hydroxylation is 1. The van der Waals surface area contributed by atoms with Crippen LogP contribution in [0.5, 0.6) is 0 Å². The Morgan fingerprint density at radius 3 is 2.67 bits per heavy atom. The van der Waals surface area contributed by atoms with Crippen molar-refractivity contribution in [3.8, 4) is 0 Å². The fourth-order valence-corrected chi connectivity index (χ4v) is 2.14. The van der Waals surface area contributed by atoms with Gasteiger partial charge in [0.2, 0.25) is 0 Å². The van der Waals surface area contributed by atoms with E-state index in [1.807, 2.05) is 30.3 Å². The molecule has 0 fully saturated rings. The van der Waals surface area contributed by atoms with Crippen molar-refractivity contribution in [3.63, 3.8) is 0 Å². The van der Waals surface area contributed by atoms with E-state index < -0.39 is 0 Å². The molecule has 1 aromatic heterocycles. The van der Waals surface area contributed by atoms with Crippen LogP contribution in [0.3, 0.4) is 0 Å². The fraction of sp³-hybridized carbons (Fsp3) is 0.0833. The van der Waals surface area contributed by atoms with Crippen LogP contribution in [0.2, 0.25) is 0 Å². The van der Waals surface area contributed by atoms with E-state index in [2.05, 4.69) is 18.0 Å². The number of rotatable bonds is 2. The lowest BCUT2D eigenvalue weighted by molar-refractivity contribution is 1.08. The number of nitrogens with zero attached hydrogens (tertiary/aromatic N) is 1. The quantitative estimate of drug-likeness (QED) is 0.784. The lowest BCUT2D eigenvalue weighted by atomic mass is 10.3. The van der Waals surface area contributed by atoms with Crippen LogP contribution in [-0.2, 0) is 0 Å². The molecule has 0 unspecified atom stereocenters. The molecule has 0 aliphatic heterocycles. The first-order chi connectivity index (χ1) is 7.27. The van der Waals surface area contributed by atoms with Gasteiger partial charge >= 0.3 is 0 Å². The Bertz CT molecular complexity index is 425. The minimum Gasteiger partial charge on any atom is -0.398 e. The van der Waals surface area contributed by atoms with Gasteiger partial charge in [0.25, 0.3) is 0 Å². The van der Waals surface area contributed by atoms with Gasteiger partial charge in [-0.25, -0.2) is 4.98 Å². The Kier molecular flexibility index (Phi) is 2.92. The summed E-state index contributed by atoms with van der Waals surface area (Å²) in [5.74, 6) is 0. The molecule has 0 amide bonds. The summed E-state index contributed by atoms with van der Waals surface area (Å²) < 4.78 is 0. The van der Waals surface area contributed by atoms with E-state index in [-0.39, 0.29) is 0 Å². The van der Waals surface area contributed by atoms with Crippen LogP contribution in [0.15, 0.2) is 52.5 Å². The van der Waals surface area contributed by atoms with Crippen LogP contribution in [0.1, 0.15) is 5.56 Å². The second-order valence-electron chi connectivity index (χ2n) is 3.27. The summed E-state index contributed by atoms with van der Waals surface area (Å²) in [4.78, 5) is 5.38. The van der Waals surface area contributed by atoms with Gasteiger partial charge in [0.05, 0.1) is 0 Å². The molecule has 0 atom stereocenters.